The second-order valence-electron chi connectivity index (χ2n) is 5.33. The van der Waals surface area contributed by atoms with E-state index in [1.807, 2.05) is 18.7 Å². The Kier molecular flexibility index (Phi) is 9.13. The number of nitrogens with zero attached hydrogens (tertiary/aromatic N) is 2. The van der Waals surface area contributed by atoms with Gasteiger partial charge in [-0.2, -0.15) is 24.9 Å². The van der Waals surface area contributed by atoms with Crippen LogP contribution >= 0.6 is 47.1 Å². The van der Waals surface area contributed by atoms with Crippen LogP contribution in [0.25, 0.3) is 0 Å². The van der Waals surface area contributed by atoms with E-state index in [0.29, 0.717) is 28.8 Å². The maximum atomic E-state index is 12.5. The number of aliphatic imine (C=N–C) groups is 1. The molecule has 0 amide bonds. The Morgan fingerprint density at radius 1 is 1.46 bits per heavy atom. The van der Waals surface area contributed by atoms with E-state index < -0.39 is 11.9 Å². The van der Waals surface area contributed by atoms with Gasteiger partial charge in [-0.15, -0.1) is 35.3 Å². The van der Waals surface area contributed by atoms with Gasteiger partial charge >= 0.3 is 6.18 Å². The zero-order valence-corrected chi connectivity index (χ0v) is 17.5. The molecule has 2 rings (SSSR count). The van der Waals surface area contributed by atoms with E-state index >= 15 is 0 Å². The molecule has 10 heteroatoms. The predicted octanol–water partition coefficient (Wildman–Crippen LogP) is 4.12. The largest absolute Gasteiger partial charge is 0.434 e. The average Bonchev–Trinajstić information content (AvgIpc) is 3.13. The lowest BCUT2D eigenvalue weighted by molar-refractivity contribution is -0.140. The van der Waals surface area contributed by atoms with Gasteiger partial charge in [-0.25, -0.2) is 9.98 Å². The van der Waals surface area contributed by atoms with Crippen LogP contribution in [0, 0.1) is 0 Å². The summed E-state index contributed by atoms with van der Waals surface area (Å²) < 4.78 is 37.6. The Morgan fingerprint density at radius 2 is 2.21 bits per heavy atom. The molecule has 1 fully saturated rings. The molecule has 0 aromatic carbocycles. The molecule has 1 saturated carbocycles. The van der Waals surface area contributed by atoms with Crippen LogP contribution in [0.5, 0.6) is 0 Å². The Bertz CT molecular complexity index is 536. The minimum absolute atomic E-state index is 0. The van der Waals surface area contributed by atoms with Crippen molar-refractivity contribution in [1.82, 2.24) is 15.6 Å². The lowest BCUT2D eigenvalue weighted by atomic mass is 10.2. The van der Waals surface area contributed by atoms with Crippen LogP contribution in [0.3, 0.4) is 0 Å². The fourth-order valence-corrected chi connectivity index (χ4v) is 3.98. The first kappa shape index (κ1) is 21.8. The lowest BCUT2D eigenvalue weighted by Crippen LogP contribution is -2.42. The number of nitrogens with one attached hydrogen (secondary N) is 2. The molecule has 2 N–H and O–H groups in total. The maximum absolute atomic E-state index is 12.5. The summed E-state index contributed by atoms with van der Waals surface area (Å²) in [6, 6.07) is 0.368. The summed E-state index contributed by atoms with van der Waals surface area (Å²) in [6.45, 7) is 2.81. The molecule has 1 aromatic heterocycles. The van der Waals surface area contributed by atoms with Gasteiger partial charge in [0.1, 0.15) is 5.01 Å². The number of aromatic nitrogens is 1. The minimum atomic E-state index is -4.39. The summed E-state index contributed by atoms with van der Waals surface area (Å²) >= 11 is 2.86. The van der Waals surface area contributed by atoms with Crippen molar-refractivity contribution >= 4 is 53.0 Å². The second-order valence-corrected chi connectivity index (χ2v) is 7.41. The van der Waals surface area contributed by atoms with Gasteiger partial charge < -0.3 is 10.6 Å². The molecule has 1 aliphatic rings. The summed E-state index contributed by atoms with van der Waals surface area (Å²) in [5.74, 6) is 0.642. The van der Waals surface area contributed by atoms with Crippen molar-refractivity contribution in [3.8, 4) is 0 Å². The van der Waals surface area contributed by atoms with E-state index in [9.17, 15) is 13.2 Å². The first-order chi connectivity index (χ1) is 10.9. The van der Waals surface area contributed by atoms with Crippen molar-refractivity contribution in [1.29, 1.82) is 0 Å². The molecule has 0 saturated heterocycles. The van der Waals surface area contributed by atoms with Crippen LogP contribution in [0.2, 0.25) is 0 Å². The molecular weight excluding hydrogens is 472 g/mol. The molecule has 2 unspecified atom stereocenters. The Hall–Kier alpha value is -0.230. The number of hydrogen-bond acceptors (Lipinski definition) is 4. The second kappa shape index (κ2) is 10.0. The van der Waals surface area contributed by atoms with Crippen LogP contribution < -0.4 is 10.6 Å². The highest BCUT2D eigenvalue weighted by atomic mass is 127. The lowest BCUT2D eigenvalue weighted by Gasteiger charge is -2.17. The van der Waals surface area contributed by atoms with Gasteiger partial charge in [0, 0.05) is 23.2 Å². The molecule has 4 nitrogen and oxygen atoms in total. The summed E-state index contributed by atoms with van der Waals surface area (Å²) in [7, 11) is 0. The number of hydrogen-bond donors (Lipinski definition) is 2. The molecule has 0 aliphatic heterocycles. The topological polar surface area (TPSA) is 49.3 Å². The molecule has 24 heavy (non-hydrogen) atoms. The van der Waals surface area contributed by atoms with Crippen LogP contribution in [-0.4, -0.2) is 35.0 Å². The third-order valence-electron chi connectivity index (χ3n) is 3.62. The van der Waals surface area contributed by atoms with Crippen molar-refractivity contribution in [2.75, 3.05) is 12.8 Å². The average molecular weight is 494 g/mol. The number of thioether (sulfide) groups is 1. The number of halogens is 4. The summed E-state index contributed by atoms with van der Waals surface area (Å²) in [5.41, 5.74) is -0.843. The van der Waals surface area contributed by atoms with E-state index in [-0.39, 0.29) is 30.5 Å². The smallest absolute Gasteiger partial charge is 0.357 e. The first-order valence-corrected chi connectivity index (χ1v) is 9.68. The Labute approximate surface area is 165 Å². The zero-order chi connectivity index (χ0) is 16.9. The standard InChI is InChI=1S/C14H21F3N4S2.HI/c1-3-18-13(20-9-4-5-10(6-9)22-2)19-7-12-21-11(8-23-12)14(15,16)17;/h8-10H,3-7H2,1-2H3,(H2,18,19,20);1H. The van der Waals surface area contributed by atoms with Crippen molar-refractivity contribution in [2.24, 2.45) is 4.99 Å². The first-order valence-electron chi connectivity index (χ1n) is 7.51. The van der Waals surface area contributed by atoms with Crippen LogP contribution in [0.4, 0.5) is 13.2 Å². The zero-order valence-electron chi connectivity index (χ0n) is 13.5. The van der Waals surface area contributed by atoms with Gasteiger partial charge in [-0.1, -0.05) is 0 Å². The highest BCUT2D eigenvalue weighted by molar-refractivity contribution is 14.0. The highest BCUT2D eigenvalue weighted by Crippen LogP contribution is 2.30. The molecule has 1 aromatic rings. The van der Waals surface area contributed by atoms with Gasteiger partial charge in [0.05, 0.1) is 6.54 Å². The van der Waals surface area contributed by atoms with Gasteiger partial charge in [0.15, 0.2) is 11.7 Å². The molecular formula is C14H22F3IN4S2. The predicted molar refractivity (Wildman–Crippen MR) is 105 cm³/mol. The molecule has 2 atom stereocenters. The fourth-order valence-electron chi connectivity index (χ4n) is 2.46. The van der Waals surface area contributed by atoms with Gasteiger partial charge in [-0.05, 0) is 32.4 Å². The van der Waals surface area contributed by atoms with Gasteiger partial charge in [0.2, 0.25) is 0 Å². The van der Waals surface area contributed by atoms with Crippen molar-refractivity contribution in [2.45, 2.75) is 50.2 Å². The van der Waals surface area contributed by atoms with E-state index in [4.69, 9.17) is 0 Å². The quantitative estimate of drug-likeness (QED) is 0.368. The molecule has 1 aliphatic carbocycles. The highest BCUT2D eigenvalue weighted by Gasteiger charge is 2.33. The molecule has 138 valence electrons. The summed E-state index contributed by atoms with van der Waals surface area (Å²) in [6.07, 6.45) is 1.08. The third-order valence-corrected chi connectivity index (χ3v) is 5.55. The van der Waals surface area contributed by atoms with E-state index in [2.05, 4.69) is 26.9 Å². The Balaban J connectivity index is 0.00000288. The number of alkyl halides is 3. The van der Waals surface area contributed by atoms with E-state index in [1.54, 1.807) is 0 Å². The monoisotopic (exact) mass is 494 g/mol. The molecule has 0 radical (unpaired) electrons. The summed E-state index contributed by atoms with van der Waals surface area (Å²) in [4.78, 5) is 7.96. The normalized spacial score (nSPS) is 21.5. The van der Waals surface area contributed by atoms with Crippen molar-refractivity contribution in [3.63, 3.8) is 0 Å². The van der Waals surface area contributed by atoms with Gasteiger partial charge in [-0.3, -0.25) is 0 Å². The fraction of sp³-hybridized carbons (Fsp3) is 0.714. The SMILES string of the molecule is CCNC(=NCc1nc(C(F)(F)F)cs1)NC1CCC(SC)C1.I. The van der Waals surface area contributed by atoms with Crippen LogP contribution in [-0.2, 0) is 12.7 Å². The maximum Gasteiger partial charge on any atom is 0.434 e. The molecule has 0 bridgehead atoms. The van der Waals surface area contributed by atoms with Crippen molar-refractivity contribution in [3.05, 3.63) is 16.1 Å². The van der Waals surface area contributed by atoms with Gasteiger partial charge in [0.25, 0.3) is 0 Å². The molecule has 1 heterocycles. The van der Waals surface area contributed by atoms with Crippen LogP contribution in [0.15, 0.2) is 10.4 Å². The van der Waals surface area contributed by atoms with E-state index in [0.717, 1.165) is 29.6 Å². The number of rotatable bonds is 5. The number of guanidine groups is 1. The third kappa shape index (κ3) is 6.58. The van der Waals surface area contributed by atoms with Crippen LogP contribution in [0.1, 0.15) is 36.9 Å². The molecule has 0 spiro atoms. The minimum Gasteiger partial charge on any atom is -0.357 e. The Morgan fingerprint density at radius 3 is 2.75 bits per heavy atom. The number of thiazole rings is 1. The summed E-state index contributed by atoms with van der Waals surface area (Å²) in [5, 5.41) is 8.57. The van der Waals surface area contributed by atoms with Crippen molar-refractivity contribution < 1.29 is 13.2 Å². The van der Waals surface area contributed by atoms with E-state index in [1.165, 1.54) is 6.42 Å².